The third-order valence-electron chi connectivity index (χ3n) is 3.50. The number of hydrogen-bond acceptors (Lipinski definition) is 2. The molecule has 1 aromatic carbocycles. The largest absolute Gasteiger partial charge is 0.349 e. The van der Waals surface area contributed by atoms with Gasteiger partial charge in [-0.05, 0) is 30.5 Å². The molecule has 0 aliphatic carbocycles. The van der Waals surface area contributed by atoms with E-state index < -0.39 is 0 Å². The Labute approximate surface area is 119 Å². The molecule has 2 rings (SSSR count). The molecule has 0 aliphatic heterocycles. The average Bonchev–Trinajstić information content (AvgIpc) is 2.92. The SMILES string of the molecule is CC(C)C(C)NC(=O)c1ccc(Cn2ccnc2)cc1. The Hall–Kier alpha value is -2.10. The molecule has 0 saturated carbocycles. The van der Waals surface area contributed by atoms with Crippen LogP contribution in [0.1, 0.15) is 36.7 Å². The predicted molar refractivity (Wildman–Crippen MR) is 79.5 cm³/mol. The van der Waals surface area contributed by atoms with E-state index in [0.29, 0.717) is 11.5 Å². The van der Waals surface area contributed by atoms with E-state index >= 15 is 0 Å². The zero-order valence-corrected chi connectivity index (χ0v) is 12.2. The Morgan fingerprint density at radius 1 is 1.25 bits per heavy atom. The van der Waals surface area contributed by atoms with Crippen molar-refractivity contribution >= 4 is 5.91 Å². The van der Waals surface area contributed by atoms with Gasteiger partial charge in [-0.3, -0.25) is 4.79 Å². The lowest BCUT2D eigenvalue weighted by Crippen LogP contribution is -2.36. The molecular weight excluding hydrogens is 250 g/mol. The first-order chi connectivity index (χ1) is 9.56. The Morgan fingerprint density at radius 2 is 1.95 bits per heavy atom. The van der Waals surface area contributed by atoms with Crippen LogP contribution in [0.3, 0.4) is 0 Å². The van der Waals surface area contributed by atoms with Gasteiger partial charge in [0.25, 0.3) is 5.91 Å². The monoisotopic (exact) mass is 271 g/mol. The zero-order valence-electron chi connectivity index (χ0n) is 12.2. The van der Waals surface area contributed by atoms with E-state index in [1.165, 1.54) is 0 Å². The first-order valence-corrected chi connectivity index (χ1v) is 6.92. The maximum atomic E-state index is 12.1. The molecule has 1 amide bonds. The molecule has 0 saturated heterocycles. The van der Waals surface area contributed by atoms with E-state index in [1.807, 2.05) is 42.0 Å². The van der Waals surface area contributed by atoms with E-state index in [1.54, 1.807) is 12.5 Å². The number of aromatic nitrogens is 2. The molecule has 0 radical (unpaired) electrons. The quantitative estimate of drug-likeness (QED) is 0.909. The maximum absolute atomic E-state index is 12.1. The van der Waals surface area contributed by atoms with Gasteiger partial charge in [0.1, 0.15) is 0 Å². The van der Waals surface area contributed by atoms with E-state index in [0.717, 1.165) is 12.1 Å². The summed E-state index contributed by atoms with van der Waals surface area (Å²) in [6, 6.07) is 7.88. The standard InChI is InChI=1S/C16H21N3O/c1-12(2)13(3)18-16(20)15-6-4-14(5-7-15)10-19-9-8-17-11-19/h4-9,11-13H,10H2,1-3H3,(H,18,20). The number of hydrogen-bond donors (Lipinski definition) is 1. The Bertz CT molecular complexity index is 544. The van der Waals surface area contributed by atoms with Crippen molar-refractivity contribution in [1.82, 2.24) is 14.9 Å². The van der Waals surface area contributed by atoms with Gasteiger partial charge >= 0.3 is 0 Å². The summed E-state index contributed by atoms with van der Waals surface area (Å²) >= 11 is 0. The molecule has 1 unspecified atom stereocenters. The van der Waals surface area contributed by atoms with Crippen molar-refractivity contribution in [3.8, 4) is 0 Å². The van der Waals surface area contributed by atoms with Crippen LogP contribution in [-0.2, 0) is 6.54 Å². The Kier molecular flexibility index (Phi) is 4.56. The summed E-state index contributed by atoms with van der Waals surface area (Å²) in [5, 5.41) is 3.01. The van der Waals surface area contributed by atoms with Crippen molar-refractivity contribution < 1.29 is 4.79 Å². The molecule has 106 valence electrons. The van der Waals surface area contributed by atoms with E-state index in [9.17, 15) is 4.79 Å². The third-order valence-corrected chi connectivity index (χ3v) is 3.50. The van der Waals surface area contributed by atoms with Crippen molar-refractivity contribution in [2.75, 3.05) is 0 Å². The number of nitrogens with one attached hydrogen (secondary N) is 1. The molecule has 0 aliphatic rings. The highest BCUT2D eigenvalue weighted by Crippen LogP contribution is 2.08. The zero-order chi connectivity index (χ0) is 14.5. The van der Waals surface area contributed by atoms with Crippen molar-refractivity contribution in [3.05, 3.63) is 54.1 Å². The summed E-state index contributed by atoms with van der Waals surface area (Å²) in [7, 11) is 0. The van der Waals surface area contributed by atoms with Gasteiger partial charge in [-0.15, -0.1) is 0 Å². The summed E-state index contributed by atoms with van der Waals surface area (Å²) in [6.07, 6.45) is 5.46. The second-order valence-corrected chi connectivity index (χ2v) is 5.44. The molecule has 0 bridgehead atoms. The second kappa shape index (κ2) is 6.37. The fourth-order valence-corrected chi connectivity index (χ4v) is 1.81. The molecule has 4 heteroatoms. The smallest absolute Gasteiger partial charge is 0.251 e. The number of amides is 1. The van der Waals surface area contributed by atoms with Gasteiger partial charge in [0.15, 0.2) is 0 Å². The number of carbonyl (C=O) groups is 1. The third kappa shape index (κ3) is 3.70. The van der Waals surface area contributed by atoms with Gasteiger partial charge in [-0.1, -0.05) is 26.0 Å². The maximum Gasteiger partial charge on any atom is 0.251 e. The minimum atomic E-state index is -0.0135. The van der Waals surface area contributed by atoms with Crippen LogP contribution in [0.2, 0.25) is 0 Å². The Balaban J connectivity index is 1.99. The van der Waals surface area contributed by atoms with Gasteiger partial charge in [0.05, 0.1) is 6.33 Å². The second-order valence-electron chi connectivity index (χ2n) is 5.44. The number of benzene rings is 1. The minimum Gasteiger partial charge on any atom is -0.349 e. The molecule has 2 aromatic rings. The lowest BCUT2D eigenvalue weighted by Gasteiger charge is -2.17. The molecule has 0 fully saturated rings. The van der Waals surface area contributed by atoms with Crippen LogP contribution < -0.4 is 5.32 Å². The molecule has 0 spiro atoms. The average molecular weight is 271 g/mol. The van der Waals surface area contributed by atoms with Gasteiger partial charge < -0.3 is 9.88 Å². The van der Waals surface area contributed by atoms with E-state index in [-0.39, 0.29) is 11.9 Å². The first-order valence-electron chi connectivity index (χ1n) is 6.92. The number of imidazole rings is 1. The number of rotatable bonds is 5. The highest BCUT2D eigenvalue weighted by atomic mass is 16.1. The summed E-state index contributed by atoms with van der Waals surface area (Å²) in [4.78, 5) is 16.1. The van der Waals surface area contributed by atoms with E-state index in [2.05, 4.69) is 24.1 Å². The topological polar surface area (TPSA) is 46.9 Å². The van der Waals surface area contributed by atoms with Gasteiger partial charge in [0, 0.05) is 30.5 Å². The van der Waals surface area contributed by atoms with Gasteiger partial charge in [-0.2, -0.15) is 0 Å². The van der Waals surface area contributed by atoms with Gasteiger partial charge in [0.2, 0.25) is 0 Å². The summed E-state index contributed by atoms with van der Waals surface area (Å²) < 4.78 is 2.00. The van der Waals surface area contributed by atoms with Crippen LogP contribution in [0.25, 0.3) is 0 Å². The normalized spacial score (nSPS) is 12.4. The fourth-order valence-electron chi connectivity index (χ4n) is 1.81. The van der Waals surface area contributed by atoms with Crippen molar-refractivity contribution in [3.63, 3.8) is 0 Å². The highest BCUT2D eigenvalue weighted by molar-refractivity contribution is 5.94. The summed E-state index contributed by atoms with van der Waals surface area (Å²) in [6.45, 7) is 6.98. The minimum absolute atomic E-state index is 0.0135. The predicted octanol–water partition coefficient (Wildman–Crippen LogP) is 2.71. The van der Waals surface area contributed by atoms with Crippen LogP contribution in [0, 0.1) is 5.92 Å². The molecule has 4 nitrogen and oxygen atoms in total. The molecule has 1 N–H and O–H groups in total. The van der Waals surface area contributed by atoms with Crippen LogP contribution in [0.4, 0.5) is 0 Å². The van der Waals surface area contributed by atoms with Crippen molar-refractivity contribution in [1.29, 1.82) is 0 Å². The molecular formula is C16H21N3O. The summed E-state index contributed by atoms with van der Waals surface area (Å²) in [5.41, 5.74) is 1.85. The molecule has 1 atom stereocenters. The lowest BCUT2D eigenvalue weighted by molar-refractivity contribution is 0.0930. The van der Waals surface area contributed by atoms with Crippen molar-refractivity contribution in [2.45, 2.75) is 33.4 Å². The summed E-state index contributed by atoms with van der Waals surface area (Å²) in [5.74, 6) is 0.417. The number of carbonyl (C=O) groups excluding carboxylic acids is 1. The molecule has 1 aromatic heterocycles. The van der Waals surface area contributed by atoms with Crippen LogP contribution in [0.5, 0.6) is 0 Å². The highest BCUT2D eigenvalue weighted by Gasteiger charge is 2.12. The van der Waals surface area contributed by atoms with Crippen LogP contribution in [-0.4, -0.2) is 21.5 Å². The first kappa shape index (κ1) is 14.3. The van der Waals surface area contributed by atoms with Crippen LogP contribution >= 0.6 is 0 Å². The number of nitrogens with zero attached hydrogens (tertiary/aromatic N) is 2. The van der Waals surface area contributed by atoms with E-state index in [4.69, 9.17) is 0 Å². The molecule has 20 heavy (non-hydrogen) atoms. The van der Waals surface area contributed by atoms with Gasteiger partial charge in [-0.25, -0.2) is 4.98 Å². The molecule has 1 heterocycles. The van der Waals surface area contributed by atoms with Crippen molar-refractivity contribution in [2.24, 2.45) is 5.92 Å². The fraction of sp³-hybridized carbons (Fsp3) is 0.375. The lowest BCUT2D eigenvalue weighted by atomic mass is 10.1. The Morgan fingerprint density at radius 3 is 2.50 bits per heavy atom. The van der Waals surface area contributed by atoms with Crippen LogP contribution in [0.15, 0.2) is 43.0 Å².